The topological polar surface area (TPSA) is 0 Å². The van der Waals surface area contributed by atoms with E-state index < -0.39 is 0 Å². The largest absolute Gasteiger partial charge is 1.00 e. The first kappa shape index (κ1) is 17.5. The van der Waals surface area contributed by atoms with E-state index in [1.165, 1.54) is 12.8 Å². The van der Waals surface area contributed by atoms with Crippen LogP contribution in [-0.2, 0) is 19.8 Å². The zero-order chi connectivity index (χ0) is 7.52. The van der Waals surface area contributed by atoms with Crippen molar-refractivity contribution in [2.75, 3.05) is 0 Å². The third kappa shape index (κ3) is 5.29. The van der Waals surface area contributed by atoms with Crippen LogP contribution in [0.1, 0.15) is 12.8 Å². The summed E-state index contributed by atoms with van der Waals surface area (Å²) in [6, 6.07) is 0. The molecule has 2 aliphatic carbocycles. The second-order valence-electron chi connectivity index (χ2n) is 2.69. The molecule has 4 heteroatoms. The van der Waals surface area contributed by atoms with E-state index in [0.29, 0.717) is 0 Å². The van der Waals surface area contributed by atoms with Gasteiger partial charge >= 0.3 is 76.6 Å². The Labute approximate surface area is 126 Å². The smallest absolute Gasteiger partial charge is 1.00 e. The van der Waals surface area contributed by atoms with Gasteiger partial charge in [-0.2, -0.15) is 0 Å². The molecule has 0 unspecified atom stereocenters. The van der Waals surface area contributed by atoms with E-state index in [4.69, 9.17) is 0 Å². The molecule has 0 aromatic rings. The summed E-state index contributed by atoms with van der Waals surface area (Å²) in [7, 11) is 0. The molecule has 0 fully saturated rings. The SMILES string of the molecule is C1=CC[C]([Nb+3][C]2=CC=CC2)=C1.[Br-].[Br-].[Br-]. The van der Waals surface area contributed by atoms with E-state index in [1.54, 1.807) is 7.58 Å². The molecule has 2 aliphatic rings. The van der Waals surface area contributed by atoms with Gasteiger partial charge in [-0.15, -0.1) is 0 Å². The Bertz CT molecular complexity index is 249. The van der Waals surface area contributed by atoms with E-state index in [0.717, 1.165) is 0 Å². The van der Waals surface area contributed by atoms with Gasteiger partial charge in [-0.1, -0.05) is 0 Å². The van der Waals surface area contributed by atoms with Crippen molar-refractivity contribution in [2.45, 2.75) is 12.8 Å². The normalized spacial score (nSPS) is 15.7. The molecule has 0 saturated carbocycles. The Kier molecular flexibility index (Phi) is 11.7. The van der Waals surface area contributed by atoms with Gasteiger partial charge in [0.25, 0.3) is 0 Å². The summed E-state index contributed by atoms with van der Waals surface area (Å²) in [5.41, 5.74) is 0. The van der Waals surface area contributed by atoms with E-state index in [2.05, 4.69) is 36.5 Å². The van der Waals surface area contributed by atoms with Gasteiger partial charge in [0.2, 0.25) is 0 Å². The van der Waals surface area contributed by atoms with Crippen LogP contribution in [0.3, 0.4) is 0 Å². The molecule has 14 heavy (non-hydrogen) atoms. The molecule has 0 saturated heterocycles. The molecule has 0 N–H and O–H groups in total. The molecular formula is C10H10Br3Nb. The van der Waals surface area contributed by atoms with Gasteiger partial charge in [0.05, 0.1) is 0 Å². The number of hydrogen-bond acceptors (Lipinski definition) is 0. The average molecular weight is 463 g/mol. The first-order chi connectivity index (χ1) is 5.45. The summed E-state index contributed by atoms with van der Waals surface area (Å²) in [6.45, 7) is 0. The molecule has 0 heterocycles. The van der Waals surface area contributed by atoms with Gasteiger partial charge in [-0.25, -0.2) is 0 Å². The predicted molar refractivity (Wildman–Crippen MR) is 43.7 cm³/mol. The van der Waals surface area contributed by atoms with Crippen LogP contribution in [0.15, 0.2) is 44.0 Å². The fourth-order valence-electron chi connectivity index (χ4n) is 1.22. The zero-order valence-corrected chi connectivity index (χ0v) is 14.4. The number of hydrogen-bond donors (Lipinski definition) is 0. The van der Waals surface area contributed by atoms with Gasteiger partial charge < -0.3 is 50.9 Å². The van der Waals surface area contributed by atoms with Crippen LogP contribution in [0.2, 0.25) is 0 Å². The van der Waals surface area contributed by atoms with Crippen molar-refractivity contribution in [3.8, 4) is 0 Å². The van der Waals surface area contributed by atoms with Gasteiger partial charge in [-0.05, 0) is 0 Å². The minimum absolute atomic E-state index is 0. The Balaban J connectivity index is 0. The van der Waals surface area contributed by atoms with Crippen LogP contribution in [0.25, 0.3) is 0 Å². The Morgan fingerprint density at radius 2 is 1.21 bits per heavy atom. The van der Waals surface area contributed by atoms with Crippen molar-refractivity contribution in [3.05, 3.63) is 44.0 Å². The monoisotopic (exact) mass is 460 g/mol. The third-order valence-electron chi connectivity index (χ3n) is 1.79. The fraction of sp³-hybridized carbons (Fsp3) is 0.200. The van der Waals surface area contributed by atoms with Crippen molar-refractivity contribution >= 4 is 0 Å². The molecule has 0 aromatic heterocycles. The summed E-state index contributed by atoms with van der Waals surface area (Å²) in [4.78, 5) is 0. The van der Waals surface area contributed by atoms with Crippen LogP contribution in [0, 0.1) is 0 Å². The predicted octanol–water partition coefficient (Wildman–Crippen LogP) is -6.23. The van der Waals surface area contributed by atoms with Gasteiger partial charge in [0.15, 0.2) is 0 Å². The Morgan fingerprint density at radius 3 is 1.50 bits per heavy atom. The average Bonchev–Trinajstić information content (AvgIpc) is 2.60. The number of halogens is 3. The Morgan fingerprint density at radius 1 is 0.786 bits per heavy atom. The molecule has 0 aliphatic heterocycles. The van der Waals surface area contributed by atoms with Crippen LogP contribution in [0.4, 0.5) is 0 Å². The van der Waals surface area contributed by atoms with Crippen molar-refractivity contribution in [2.24, 2.45) is 0 Å². The quantitative estimate of drug-likeness (QED) is 0.358. The van der Waals surface area contributed by atoms with Crippen LogP contribution >= 0.6 is 0 Å². The first-order valence-corrected chi connectivity index (χ1v) is 6.08. The van der Waals surface area contributed by atoms with Crippen LogP contribution in [0.5, 0.6) is 0 Å². The molecule has 0 radical (unpaired) electrons. The fourth-order valence-corrected chi connectivity index (χ4v) is 3.89. The van der Waals surface area contributed by atoms with Crippen molar-refractivity contribution in [1.82, 2.24) is 0 Å². The van der Waals surface area contributed by atoms with E-state index >= 15 is 0 Å². The molecule has 0 amide bonds. The number of rotatable bonds is 2. The second-order valence-corrected chi connectivity index (χ2v) is 6.07. The summed E-state index contributed by atoms with van der Waals surface area (Å²) < 4.78 is 3.41. The maximum atomic E-state index is 2.30. The molecule has 2 rings (SSSR count). The minimum atomic E-state index is -0.136. The minimum Gasteiger partial charge on any atom is -1.00 e. The third-order valence-corrected chi connectivity index (χ3v) is 4.83. The van der Waals surface area contributed by atoms with Crippen LogP contribution < -0.4 is 50.9 Å². The molecule has 76 valence electrons. The number of allylic oxidation sites excluding steroid dienone is 8. The molecule has 0 nitrogen and oxygen atoms in total. The molecule has 0 aromatic carbocycles. The zero-order valence-electron chi connectivity index (χ0n) is 7.46. The van der Waals surface area contributed by atoms with Crippen molar-refractivity contribution < 1.29 is 70.7 Å². The summed E-state index contributed by atoms with van der Waals surface area (Å²) in [5, 5.41) is 0. The van der Waals surface area contributed by atoms with E-state index in [-0.39, 0.29) is 70.7 Å². The standard InChI is InChI=1S/2C5H5.3BrH.Nb/c2*1-2-4-5-3-1;;;;/h2*1-3H,4H2;3*1H;/q;;;;;+3/p-3. The molecule has 0 atom stereocenters. The maximum absolute atomic E-state index is 2.30. The van der Waals surface area contributed by atoms with Gasteiger partial charge in [0, 0.05) is 0 Å². The first-order valence-electron chi connectivity index (χ1n) is 3.88. The van der Waals surface area contributed by atoms with Gasteiger partial charge in [0.1, 0.15) is 0 Å². The van der Waals surface area contributed by atoms with Gasteiger partial charge in [-0.3, -0.25) is 0 Å². The Hall–Kier alpha value is 1.14. The molecule has 0 spiro atoms. The molecular weight excluding hydrogens is 453 g/mol. The summed E-state index contributed by atoms with van der Waals surface area (Å²) in [5.74, 6) is 0. The maximum Gasteiger partial charge on any atom is -1.00 e. The van der Waals surface area contributed by atoms with E-state index in [9.17, 15) is 0 Å². The summed E-state index contributed by atoms with van der Waals surface area (Å²) in [6.07, 6.45) is 16.0. The van der Waals surface area contributed by atoms with E-state index in [1.807, 2.05) is 0 Å². The summed E-state index contributed by atoms with van der Waals surface area (Å²) >= 11 is -0.136. The van der Waals surface area contributed by atoms with Crippen molar-refractivity contribution in [3.63, 3.8) is 0 Å². The second kappa shape index (κ2) is 9.37. The molecule has 0 bridgehead atoms. The van der Waals surface area contributed by atoms with Crippen molar-refractivity contribution in [1.29, 1.82) is 0 Å². The van der Waals surface area contributed by atoms with Crippen LogP contribution in [-0.4, -0.2) is 0 Å².